The number of halogens is 2. The summed E-state index contributed by atoms with van der Waals surface area (Å²) in [6.07, 6.45) is 8.68. The molecular formula is C27H33BrFNO2. The predicted molar refractivity (Wildman–Crippen MR) is 128 cm³/mol. The van der Waals surface area contributed by atoms with Crippen LogP contribution < -0.4 is 14.8 Å². The Morgan fingerprint density at radius 1 is 1.03 bits per heavy atom. The molecule has 5 heteroatoms. The highest BCUT2D eigenvalue weighted by atomic mass is 79.9. The molecule has 2 aromatic carbocycles. The molecule has 0 aliphatic heterocycles. The Kier molecular flexibility index (Phi) is 6.23. The molecule has 0 amide bonds. The van der Waals surface area contributed by atoms with Crippen LogP contribution in [0.3, 0.4) is 0 Å². The molecule has 4 bridgehead atoms. The van der Waals surface area contributed by atoms with Gasteiger partial charge in [0.15, 0.2) is 11.5 Å². The predicted octanol–water partition coefficient (Wildman–Crippen LogP) is 6.87. The third-order valence-electron chi connectivity index (χ3n) is 8.20. The lowest BCUT2D eigenvalue weighted by molar-refractivity contribution is -0.0706. The fourth-order valence-electron chi connectivity index (χ4n) is 6.95. The van der Waals surface area contributed by atoms with Gasteiger partial charge < -0.3 is 14.8 Å². The molecule has 0 radical (unpaired) electrons. The molecular weight excluding hydrogens is 469 g/mol. The van der Waals surface area contributed by atoms with Gasteiger partial charge in [-0.1, -0.05) is 12.1 Å². The highest BCUT2D eigenvalue weighted by molar-refractivity contribution is 9.10. The highest BCUT2D eigenvalue weighted by Gasteiger charge is 2.52. The summed E-state index contributed by atoms with van der Waals surface area (Å²) in [5.74, 6) is 4.05. The number of hydrogen-bond donors (Lipinski definition) is 1. The lowest BCUT2D eigenvalue weighted by Crippen LogP contribution is -2.54. The van der Waals surface area contributed by atoms with Crippen molar-refractivity contribution in [1.82, 2.24) is 5.32 Å². The van der Waals surface area contributed by atoms with Gasteiger partial charge in [-0.25, -0.2) is 4.39 Å². The SMILES string of the molecule is COc1cc(CN[C@@H](C)C23CC4CC(CC(C4)C2)C3)cc(Br)c1OCc1ccc(F)cc1. The maximum Gasteiger partial charge on any atom is 0.175 e. The Balaban J connectivity index is 1.24. The van der Waals surface area contributed by atoms with Crippen molar-refractivity contribution in [2.24, 2.45) is 23.2 Å². The van der Waals surface area contributed by atoms with E-state index in [1.165, 1.54) is 56.2 Å². The van der Waals surface area contributed by atoms with Crippen LogP contribution in [0.15, 0.2) is 40.9 Å². The van der Waals surface area contributed by atoms with Crippen molar-refractivity contribution in [3.05, 3.63) is 57.8 Å². The molecule has 4 saturated carbocycles. The molecule has 32 heavy (non-hydrogen) atoms. The van der Waals surface area contributed by atoms with Gasteiger partial charge >= 0.3 is 0 Å². The standard InChI is InChI=1S/C27H33BrFNO2/c1-17(27-12-19-7-20(13-27)9-21(8-19)14-27)30-15-22-10-24(28)26(25(11-22)31-2)32-16-18-3-5-23(29)6-4-18/h3-6,10-11,17,19-21,30H,7-9,12-16H2,1-2H3/t17-,19?,20?,21?,27?/m0/s1. The van der Waals surface area contributed by atoms with Crippen LogP contribution in [0, 0.1) is 29.0 Å². The van der Waals surface area contributed by atoms with Crippen molar-refractivity contribution >= 4 is 15.9 Å². The summed E-state index contributed by atoms with van der Waals surface area (Å²) in [6.45, 7) is 3.58. The van der Waals surface area contributed by atoms with E-state index in [-0.39, 0.29) is 5.82 Å². The first kappa shape index (κ1) is 22.2. The third-order valence-corrected chi connectivity index (χ3v) is 8.79. The minimum absolute atomic E-state index is 0.243. The van der Waals surface area contributed by atoms with Crippen molar-refractivity contribution in [1.29, 1.82) is 0 Å². The molecule has 0 unspecified atom stereocenters. The second kappa shape index (κ2) is 8.98. The molecule has 4 aliphatic rings. The van der Waals surface area contributed by atoms with E-state index in [1.807, 2.05) is 0 Å². The Hall–Kier alpha value is -1.59. The highest BCUT2D eigenvalue weighted by Crippen LogP contribution is 2.61. The number of ether oxygens (including phenoxy) is 2. The van der Waals surface area contributed by atoms with Crippen LogP contribution in [0.25, 0.3) is 0 Å². The van der Waals surface area contributed by atoms with E-state index in [9.17, 15) is 4.39 Å². The molecule has 1 N–H and O–H groups in total. The van der Waals surface area contributed by atoms with Crippen LogP contribution in [0.2, 0.25) is 0 Å². The number of nitrogens with one attached hydrogen (secondary N) is 1. The van der Waals surface area contributed by atoms with Crippen molar-refractivity contribution < 1.29 is 13.9 Å². The van der Waals surface area contributed by atoms with E-state index in [2.05, 4.69) is 40.3 Å². The van der Waals surface area contributed by atoms with E-state index in [0.717, 1.165) is 34.3 Å². The molecule has 0 saturated heterocycles. The molecule has 3 nitrogen and oxygen atoms in total. The number of rotatable bonds is 8. The lowest BCUT2D eigenvalue weighted by Gasteiger charge is -2.59. The van der Waals surface area contributed by atoms with Crippen LogP contribution in [0.5, 0.6) is 11.5 Å². The van der Waals surface area contributed by atoms with E-state index in [1.54, 1.807) is 19.2 Å². The summed E-state index contributed by atoms with van der Waals surface area (Å²) in [4.78, 5) is 0. The van der Waals surface area contributed by atoms with Gasteiger partial charge in [-0.15, -0.1) is 0 Å². The van der Waals surface area contributed by atoms with Gasteiger partial charge in [0.05, 0.1) is 11.6 Å². The third kappa shape index (κ3) is 4.43. The molecule has 172 valence electrons. The molecule has 0 aromatic heterocycles. The number of hydrogen-bond acceptors (Lipinski definition) is 3. The summed E-state index contributed by atoms with van der Waals surface area (Å²) in [5, 5.41) is 3.86. The quantitative estimate of drug-likeness (QED) is 0.427. The Morgan fingerprint density at radius 3 is 2.25 bits per heavy atom. The first-order valence-electron chi connectivity index (χ1n) is 11.9. The topological polar surface area (TPSA) is 30.5 Å². The minimum atomic E-state index is -0.243. The summed E-state index contributed by atoms with van der Waals surface area (Å²) in [7, 11) is 1.67. The summed E-state index contributed by atoms with van der Waals surface area (Å²) < 4.78 is 25.7. The van der Waals surface area contributed by atoms with Crippen molar-refractivity contribution in [2.45, 2.75) is 64.6 Å². The Morgan fingerprint density at radius 2 is 1.66 bits per heavy atom. The van der Waals surface area contributed by atoms with E-state index >= 15 is 0 Å². The van der Waals surface area contributed by atoms with E-state index in [0.29, 0.717) is 29.6 Å². The van der Waals surface area contributed by atoms with Crippen molar-refractivity contribution in [3.63, 3.8) is 0 Å². The maximum absolute atomic E-state index is 13.1. The first-order valence-corrected chi connectivity index (χ1v) is 12.7. The van der Waals surface area contributed by atoms with Gasteiger partial charge in [-0.05, 0) is 120 Å². The zero-order chi connectivity index (χ0) is 22.3. The van der Waals surface area contributed by atoms with Crippen LogP contribution in [-0.2, 0) is 13.2 Å². The molecule has 4 aliphatic carbocycles. The summed E-state index contributed by atoms with van der Waals surface area (Å²) in [5.41, 5.74) is 2.59. The van der Waals surface area contributed by atoms with Crippen LogP contribution in [0.4, 0.5) is 4.39 Å². The van der Waals surface area contributed by atoms with Gasteiger partial charge in [0.1, 0.15) is 12.4 Å². The normalized spacial score (nSPS) is 29.2. The average molecular weight is 502 g/mol. The minimum Gasteiger partial charge on any atom is -0.493 e. The van der Waals surface area contributed by atoms with Crippen molar-refractivity contribution in [3.8, 4) is 11.5 Å². The summed E-state index contributed by atoms with van der Waals surface area (Å²) >= 11 is 3.67. The van der Waals surface area contributed by atoms with Crippen LogP contribution in [0.1, 0.15) is 56.6 Å². The molecule has 0 spiro atoms. The summed E-state index contributed by atoms with van der Waals surface area (Å²) in [6, 6.07) is 11.1. The zero-order valence-electron chi connectivity index (χ0n) is 19.0. The van der Waals surface area contributed by atoms with Crippen LogP contribution >= 0.6 is 15.9 Å². The largest absolute Gasteiger partial charge is 0.493 e. The monoisotopic (exact) mass is 501 g/mol. The second-order valence-corrected chi connectivity index (χ2v) is 11.3. The molecule has 2 aromatic rings. The van der Waals surface area contributed by atoms with Gasteiger partial charge in [0.2, 0.25) is 0 Å². The van der Waals surface area contributed by atoms with Crippen molar-refractivity contribution in [2.75, 3.05) is 7.11 Å². The van der Waals surface area contributed by atoms with Gasteiger partial charge in [0.25, 0.3) is 0 Å². The number of methoxy groups -OCH3 is 1. The zero-order valence-corrected chi connectivity index (χ0v) is 20.6. The van der Waals surface area contributed by atoms with Crippen LogP contribution in [-0.4, -0.2) is 13.2 Å². The molecule has 1 atom stereocenters. The molecule has 6 rings (SSSR count). The molecule has 4 fully saturated rings. The fraction of sp³-hybridized carbons (Fsp3) is 0.556. The maximum atomic E-state index is 13.1. The average Bonchev–Trinajstić information content (AvgIpc) is 2.76. The van der Waals surface area contributed by atoms with Gasteiger partial charge in [-0.2, -0.15) is 0 Å². The number of benzene rings is 2. The van der Waals surface area contributed by atoms with E-state index in [4.69, 9.17) is 9.47 Å². The Bertz CT molecular complexity index is 926. The second-order valence-electron chi connectivity index (χ2n) is 10.4. The Labute approximate surface area is 199 Å². The first-order chi connectivity index (χ1) is 15.4. The van der Waals surface area contributed by atoms with Gasteiger partial charge in [0, 0.05) is 12.6 Å². The smallest absolute Gasteiger partial charge is 0.175 e. The van der Waals surface area contributed by atoms with E-state index < -0.39 is 0 Å². The fourth-order valence-corrected chi connectivity index (χ4v) is 7.55. The molecule has 0 heterocycles. The van der Waals surface area contributed by atoms with Gasteiger partial charge in [-0.3, -0.25) is 0 Å². The lowest BCUT2D eigenvalue weighted by atomic mass is 9.48.